The highest BCUT2D eigenvalue weighted by molar-refractivity contribution is 5.85. The van der Waals surface area contributed by atoms with E-state index in [1.54, 1.807) is 6.20 Å². The third-order valence-corrected chi connectivity index (χ3v) is 4.71. The predicted molar refractivity (Wildman–Crippen MR) is 102 cm³/mol. The van der Waals surface area contributed by atoms with Crippen LogP contribution in [0.2, 0.25) is 0 Å². The van der Waals surface area contributed by atoms with Gasteiger partial charge in [-0.1, -0.05) is 19.1 Å². The number of nitrogens with one attached hydrogen (secondary N) is 1. The van der Waals surface area contributed by atoms with Crippen LogP contribution in [0, 0.1) is 5.92 Å². The number of piperidine rings is 1. The number of carbonyl (C=O) groups excluding carboxylic acids is 1. The van der Waals surface area contributed by atoms with Gasteiger partial charge in [-0.15, -0.1) is 12.4 Å². The molecule has 25 heavy (non-hydrogen) atoms. The van der Waals surface area contributed by atoms with Crippen LogP contribution in [0.5, 0.6) is 0 Å². The number of hydrogen-bond acceptors (Lipinski definition) is 3. The van der Waals surface area contributed by atoms with E-state index in [0.29, 0.717) is 12.3 Å². The molecular formula is C19H27ClN4O. The fourth-order valence-electron chi connectivity index (χ4n) is 3.21. The average Bonchev–Trinajstić information content (AvgIpc) is 3.15. The first-order chi connectivity index (χ1) is 11.8. The molecule has 0 spiro atoms. The second-order valence-corrected chi connectivity index (χ2v) is 6.43. The summed E-state index contributed by atoms with van der Waals surface area (Å²) in [6, 6.07) is 9.97. The molecule has 1 aliphatic rings. The van der Waals surface area contributed by atoms with Crippen molar-refractivity contribution in [1.82, 2.24) is 20.0 Å². The molecule has 136 valence electrons. The molecule has 0 atom stereocenters. The molecule has 1 aromatic heterocycles. The molecule has 1 N–H and O–H groups in total. The van der Waals surface area contributed by atoms with Crippen LogP contribution in [0.15, 0.2) is 42.7 Å². The molecule has 1 saturated heterocycles. The van der Waals surface area contributed by atoms with E-state index >= 15 is 0 Å². The molecule has 0 bridgehead atoms. The number of benzene rings is 1. The second kappa shape index (κ2) is 9.59. The summed E-state index contributed by atoms with van der Waals surface area (Å²) in [5.74, 6) is 0.950. The van der Waals surface area contributed by atoms with Crippen LogP contribution < -0.4 is 5.32 Å². The highest BCUT2D eigenvalue weighted by Crippen LogP contribution is 2.18. The lowest BCUT2D eigenvalue weighted by molar-refractivity contribution is -0.131. The first-order valence-corrected chi connectivity index (χ1v) is 8.83. The van der Waals surface area contributed by atoms with Crippen LogP contribution in [0.4, 0.5) is 0 Å². The normalized spacial score (nSPS) is 15.0. The predicted octanol–water partition coefficient (Wildman–Crippen LogP) is 2.68. The number of halogens is 1. The Hall–Kier alpha value is -1.85. The minimum absolute atomic E-state index is 0. The maximum atomic E-state index is 12.5. The average molecular weight is 363 g/mol. The van der Waals surface area contributed by atoms with Crippen molar-refractivity contribution in [2.75, 3.05) is 26.2 Å². The van der Waals surface area contributed by atoms with Gasteiger partial charge in [0.15, 0.2) is 0 Å². The Morgan fingerprint density at radius 2 is 1.96 bits per heavy atom. The smallest absolute Gasteiger partial charge is 0.226 e. The number of amides is 1. The molecule has 1 aliphatic heterocycles. The number of aromatic nitrogens is 2. The van der Waals surface area contributed by atoms with Gasteiger partial charge in [0.2, 0.25) is 5.91 Å². The number of likely N-dealkylation sites (tertiary alicyclic amines) is 1. The topological polar surface area (TPSA) is 50.2 Å². The van der Waals surface area contributed by atoms with E-state index in [2.05, 4.69) is 17.3 Å². The molecule has 0 aliphatic carbocycles. The van der Waals surface area contributed by atoms with Crippen LogP contribution in [-0.2, 0) is 11.2 Å². The van der Waals surface area contributed by atoms with Crippen LogP contribution in [-0.4, -0.2) is 46.8 Å². The first kappa shape index (κ1) is 19.5. The van der Waals surface area contributed by atoms with Gasteiger partial charge in [-0.3, -0.25) is 4.79 Å². The minimum Gasteiger partial charge on any atom is -0.342 e. The van der Waals surface area contributed by atoms with E-state index in [-0.39, 0.29) is 18.3 Å². The third-order valence-electron chi connectivity index (χ3n) is 4.71. The SMILES string of the molecule is CCNCC1CCN(C(=O)Cc2ccc(-n3cccn3)cc2)CC1.Cl. The highest BCUT2D eigenvalue weighted by atomic mass is 35.5. The Kier molecular flexibility index (Phi) is 7.47. The number of nitrogens with zero attached hydrogens (tertiary/aromatic N) is 3. The Morgan fingerprint density at radius 3 is 2.56 bits per heavy atom. The maximum absolute atomic E-state index is 12.5. The fourth-order valence-corrected chi connectivity index (χ4v) is 3.21. The van der Waals surface area contributed by atoms with Crippen molar-refractivity contribution in [3.05, 3.63) is 48.3 Å². The van der Waals surface area contributed by atoms with Gasteiger partial charge in [0.1, 0.15) is 0 Å². The zero-order valence-electron chi connectivity index (χ0n) is 14.7. The van der Waals surface area contributed by atoms with Crippen molar-refractivity contribution in [2.45, 2.75) is 26.2 Å². The minimum atomic E-state index is 0. The van der Waals surface area contributed by atoms with Crippen LogP contribution in [0.25, 0.3) is 5.69 Å². The van der Waals surface area contributed by atoms with Crippen molar-refractivity contribution in [1.29, 1.82) is 0 Å². The number of hydrogen-bond donors (Lipinski definition) is 1. The largest absolute Gasteiger partial charge is 0.342 e. The first-order valence-electron chi connectivity index (χ1n) is 8.83. The molecule has 0 saturated carbocycles. The van der Waals surface area contributed by atoms with Crippen molar-refractivity contribution in [2.24, 2.45) is 5.92 Å². The Morgan fingerprint density at radius 1 is 1.24 bits per heavy atom. The van der Waals surface area contributed by atoms with Gasteiger partial charge in [-0.25, -0.2) is 4.68 Å². The number of rotatable bonds is 6. The van der Waals surface area contributed by atoms with Gasteiger partial charge in [0.25, 0.3) is 0 Å². The summed E-state index contributed by atoms with van der Waals surface area (Å²) >= 11 is 0. The summed E-state index contributed by atoms with van der Waals surface area (Å²) in [7, 11) is 0. The lowest BCUT2D eigenvalue weighted by Crippen LogP contribution is -2.41. The van der Waals surface area contributed by atoms with E-state index < -0.39 is 0 Å². The Balaban J connectivity index is 0.00000225. The summed E-state index contributed by atoms with van der Waals surface area (Å²) in [5, 5.41) is 7.62. The molecule has 3 rings (SSSR count). The van der Waals surface area contributed by atoms with Crippen LogP contribution in [0.1, 0.15) is 25.3 Å². The van der Waals surface area contributed by atoms with E-state index in [4.69, 9.17) is 0 Å². The Bertz CT molecular complexity index is 634. The molecule has 2 aromatic rings. The monoisotopic (exact) mass is 362 g/mol. The zero-order chi connectivity index (χ0) is 16.8. The lowest BCUT2D eigenvalue weighted by atomic mass is 9.96. The third kappa shape index (κ3) is 5.31. The zero-order valence-corrected chi connectivity index (χ0v) is 15.5. The van der Waals surface area contributed by atoms with E-state index in [9.17, 15) is 4.79 Å². The van der Waals surface area contributed by atoms with Crippen molar-refractivity contribution < 1.29 is 4.79 Å². The molecule has 0 radical (unpaired) electrons. The van der Waals surface area contributed by atoms with E-state index in [0.717, 1.165) is 50.3 Å². The van der Waals surface area contributed by atoms with Crippen LogP contribution >= 0.6 is 12.4 Å². The van der Waals surface area contributed by atoms with Gasteiger partial charge in [-0.2, -0.15) is 5.10 Å². The summed E-state index contributed by atoms with van der Waals surface area (Å²) in [6.45, 7) is 6.01. The van der Waals surface area contributed by atoms with E-state index in [1.165, 1.54) is 0 Å². The molecule has 5 nitrogen and oxygen atoms in total. The highest BCUT2D eigenvalue weighted by Gasteiger charge is 2.22. The second-order valence-electron chi connectivity index (χ2n) is 6.43. The molecule has 1 aromatic carbocycles. The summed E-state index contributed by atoms with van der Waals surface area (Å²) in [6.07, 6.45) is 6.38. The van der Waals surface area contributed by atoms with Crippen molar-refractivity contribution >= 4 is 18.3 Å². The molecule has 1 fully saturated rings. The summed E-state index contributed by atoms with van der Waals surface area (Å²) in [4.78, 5) is 14.5. The quantitative estimate of drug-likeness (QED) is 0.859. The van der Waals surface area contributed by atoms with Gasteiger partial charge in [0, 0.05) is 25.5 Å². The molecule has 6 heteroatoms. The van der Waals surface area contributed by atoms with Gasteiger partial charge < -0.3 is 10.2 Å². The maximum Gasteiger partial charge on any atom is 0.226 e. The summed E-state index contributed by atoms with van der Waals surface area (Å²) < 4.78 is 1.82. The van der Waals surface area contributed by atoms with Crippen molar-refractivity contribution in [3.8, 4) is 5.69 Å². The molecular weight excluding hydrogens is 336 g/mol. The lowest BCUT2D eigenvalue weighted by Gasteiger charge is -2.32. The van der Waals surface area contributed by atoms with Gasteiger partial charge in [0.05, 0.1) is 12.1 Å². The molecule has 2 heterocycles. The Labute approximate surface area is 155 Å². The van der Waals surface area contributed by atoms with Gasteiger partial charge in [-0.05, 0) is 55.6 Å². The fraction of sp³-hybridized carbons (Fsp3) is 0.474. The van der Waals surface area contributed by atoms with Crippen LogP contribution in [0.3, 0.4) is 0 Å². The van der Waals surface area contributed by atoms with Gasteiger partial charge >= 0.3 is 0 Å². The van der Waals surface area contributed by atoms with Crippen molar-refractivity contribution in [3.63, 3.8) is 0 Å². The number of carbonyl (C=O) groups is 1. The van der Waals surface area contributed by atoms with E-state index in [1.807, 2.05) is 46.1 Å². The standard InChI is InChI=1S/C19H26N4O.ClH/c1-2-20-15-17-8-12-22(13-9-17)19(24)14-16-4-6-18(7-5-16)23-11-3-10-21-23;/h3-7,10-11,17,20H,2,8-9,12-15H2,1H3;1H. The molecule has 1 amide bonds. The molecule has 0 unspecified atom stereocenters. The summed E-state index contributed by atoms with van der Waals surface area (Å²) in [5.41, 5.74) is 2.08.